The Morgan fingerprint density at radius 3 is 2.22 bits per heavy atom. The molecule has 15 nitrogen and oxygen atoms in total. The average Bonchev–Trinajstić information content (AvgIpc) is 3.64. The summed E-state index contributed by atoms with van der Waals surface area (Å²) < 4.78 is 35.0. The van der Waals surface area contributed by atoms with E-state index in [1.165, 1.54) is 17.8 Å². The number of rotatable bonds is 10. The molecule has 1 aliphatic heterocycles. The van der Waals surface area contributed by atoms with Gasteiger partial charge in [0.15, 0.2) is 24.5 Å². The molecule has 0 bridgehead atoms. The number of benzene rings is 2. The third-order valence-corrected chi connectivity index (χ3v) is 6.69. The zero-order valence-corrected chi connectivity index (χ0v) is 24.9. The molecule has 0 spiro atoms. The highest BCUT2D eigenvalue weighted by molar-refractivity contribution is 5.80. The van der Waals surface area contributed by atoms with Crippen molar-refractivity contribution >= 4 is 34.9 Å². The first-order valence-electron chi connectivity index (χ1n) is 14.0. The van der Waals surface area contributed by atoms with Crippen molar-refractivity contribution in [3.05, 3.63) is 60.4 Å². The van der Waals surface area contributed by atoms with Gasteiger partial charge in [0.25, 0.3) is 0 Å². The third-order valence-electron chi connectivity index (χ3n) is 6.69. The molecule has 1 saturated heterocycles. The van der Waals surface area contributed by atoms with Crippen LogP contribution in [0.25, 0.3) is 22.4 Å². The van der Waals surface area contributed by atoms with Gasteiger partial charge in [0, 0.05) is 27.7 Å². The minimum Gasteiger partial charge on any atom is -0.486 e. The number of fused-ring (bicyclic) bond motifs is 1. The maximum atomic E-state index is 12.1. The number of esters is 4. The van der Waals surface area contributed by atoms with Crippen LogP contribution in [0.15, 0.2) is 54.7 Å². The Hall–Kier alpha value is -5.31. The van der Waals surface area contributed by atoms with Crippen molar-refractivity contribution in [2.75, 3.05) is 6.61 Å². The number of imidazole rings is 1. The van der Waals surface area contributed by atoms with Crippen LogP contribution in [0.2, 0.25) is 0 Å². The number of hydrogen-bond donors (Lipinski definition) is 1. The molecule has 0 amide bonds. The molecule has 2 aromatic heterocycles. The highest BCUT2D eigenvalue weighted by atomic mass is 16.7. The molecule has 5 atom stereocenters. The fourth-order valence-electron chi connectivity index (χ4n) is 4.94. The zero-order chi connectivity index (χ0) is 32.1. The smallest absolute Gasteiger partial charge is 0.303 e. The lowest BCUT2D eigenvalue weighted by atomic mass is 9.97. The Morgan fingerprint density at radius 2 is 1.51 bits per heavy atom. The van der Waals surface area contributed by atoms with Crippen molar-refractivity contribution in [3.63, 3.8) is 0 Å². The van der Waals surface area contributed by atoms with Gasteiger partial charge in [-0.1, -0.05) is 29.5 Å². The van der Waals surface area contributed by atoms with Gasteiger partial charge in [0.2, 0.25) is 0 Å². The number of nitrogens with zero attached hydrogens (tertiary/aromatic N) is 4. The predicted octanol–water partition coefficient (Wildman–Crippen LogP) is 2.66. The van der Waals surface area contributed by atoms with E-state index in [9.17, 15) is 19.2 Å². The molecule has 1 aliphatic rings. The molecule has 236 valence electrons. The standard InChI is InChI=1S/C30H31N5O10/c1-16(36)40-15-25-26(42-17(2)37)27(43-18(3)38)28(44-19(4)39)30(45-25)35-13-20(33-34-35)14-41-24-12-8-5-9-21(24)29-31-22-10-6-7-11-23(22)32-29/h5-13,25-28,30H,14-15H2,1-4H3,(H,31,32)/t25-,26-,27+,28-,30-/m1/s1. The number of hydrogen-bond acceptors (Lipinski definition) is 13. The molecule has 0 saturated carbocycles. The largest absolute Gasteiger partial charge is 0.486 e. The van der Waals surface area contributed by atoms with Gasteiger partial charge in [-0.3, -0.25) is 19.2 Å². The summed E-state index contributed by atoms with van der Waals surface area (Å²) in [7, 11) is 0. The first-order valence-corrected chi connectivity index (χ1v) is 14.0. The average molecular weight is 622 g/mol. The fraction of sp³-hybridized carbons (Fsp3) is 0.367. The zero-order valence-electron chi connectivity index (χ0n) is 24.9. The summed E-state index contributed by atoms with van der Waals surface area (Å²) in [5.74, 6) is -1.64. The number of carbonyl (C=O) groups excluding carboxylic acids is 4. The summed E-state index contributed by atoms with van der Waals surface area (Å²) in [6.07, 6.45) is -4.80. The van der Waals surface area contributed by atoms with E-state index in [1.807, 2.05) is 42.5 Å². The molecule has 0 aliphatic carbocycles. The molecule has 15 heteroatoms. The minimum absolute atomic E-state index is 0.0114. The highest BCUT2D eigenvalue weighted by Crippen LogP contribution is 2.35. The van der Waals surface area contributed by atoms with Crippen LogP contribution in [0.5, 0.6) is 5.75 Å². The SMILES string of the molecule is CC(=O)OC[C@H]1O[C@@H](n2cc(COc3ccccc3-c3nc4ccccc4[nH]3)nn2)[C@H](OC(C)=O)[C@@H](OC(C)=O)[C@@H]1OC(C)=O. The van der Waals surface area contributed by atoms with Crippen LogP contribution in [-0.4, -0.2) is 79.9 Å². The van der Waals surface area contributed by atoms with E-state index in [-0.39, 0.29) is 13.2 Å². The summed E-state index contributed by atoms with van der Waals surface area (Å²) in [6, 6.07) is 15.0. The van der Waals surface area contributed by atoms with E-state index in [0.717, 1.165) is 37.4 Å². The van der Waals surface area contributed by atoms with E-state index >= 15 is 0 Å². The van der Waals surface area contributed by atoms with Gasteiger partial charge in [-0.25, -0.2) is 9.67 Å². The molecular weight excluding hydrogens is 590 g/mol. The lowest BCUT2D eigenvalue weighted by Gasteiger charge is -2.44. The van der Waals surface area contributed by atoms with Crippen LogP contribution in [-0.2, 0) is 49.5 Å². The normalized spacial score (nSPS) is 21.1. The second-order valence-corrected chi connectivity index (χ2v) is 10.2. The monoisotopic (exact) mass is 621 g/mol. The van der Waals surface area contributed by atoms with Crippen molar-refractivity contribution in [2.45, 2.75) is 64.9 Å². The number of ether oxygens (including phenoxy) is 6. The second-order valence-electron chi connectivity index (χ2n) is 10.2. The summed E-state index contributed by atoms with van der Waals surface area (Å²) >= 11 is 0. The van der Waals surface area contributed by atoms with Gasteiger partial charge < -0.3 is 33.4 Å². The predicted molar refractivity (Wildman–Crippen MR) is 153 cm³/mol. The third kappa shape index (κ3) is 7.44. The van der Waals surface area contributed by atoms with Gasteiger partial charge in [0.05, 0.1) is 22.8 Å². The number of para-hydroxylation sites is 3. The molecule has 1 N–H and O–H groups in total. The molecule has 0 radical (unpaired) electrons. The number of H-pyrrole nitrogens is 1. The lowest BCUT2D eigenvalue weighted by Crippen LogP contribution is -2.60. The minimum atomic E-state index is -1.34. The number of aromatic nitrogens is 5. The van der Waals surface area contributed by atoms with E-state index in [1.54, 1.807) is 6.07 Å². The number of aromatic amines is 1. The quantitative estimate of drug-likeness (QED) is 0.202. The van der Waals surface area contributed by atoms with Crippen LogP contribution in [0.3, 0.4) is 0 Å². The van der Waals surface area contributed by atoms with Crippen molar-refractivity contribution in [2.24, 2.45) is 0 Å². The first-order chi connectivity index (χ1) is 21.6. The summed E-state index contributed by atoms with van der Waals surface area (Å²) in [5, 5.41) is 8.32. The summed E-state index contributed by atoms with van der Waals surface area (Å²) in [5.41, 5.74) is 2.81. The van der Waals surface area contributed by atoms with E-state index < -0.39 is 54.5 Å². The van der Waals surface area contributed by atoms with Crippen LogP contribution in [0.4, 0.5) is 0 Å². The Bertz CT molecular complexity index is 1670. The molecule has 4 aromatic rings. The van der Waals surface area contributed by atoms with E-state index in [4.69, 9.17) is 28.4 Å². The Labute approximate surface area is 256 Å². The van der Waals surface area contributed by atoms with E-state index in [0.29, 0.717) is 17.3 Å². The van der Waals surface area contributed by atoms with Gasteiger partial charge in [-0.05, 0) is 24.3 Å². The molecule has 2 aromatic carbocycles. The second kappa shape index (κ2) is 13.5. The van der Waals surface area contributed by atoms with Gasteiger partial charge in [0.1, 0.15) is 36.6 Å². The Kier molecular flexibility index (Phi) is 9.37. The van der Waals surface area contributed by atoms with Gasteiger partial charge in [-0.2, -0.15) is 0 Å². The van der Waals surface area contributed by atoms with Crippen molar-refractivity contribution < 1.29 is 47.6 Å². The molecule has 3 heterocycles. The number of carbonyl (C=O) groups is 4. The van der Waals surface area contributed by atoms with Crippen LogP contribution in [0, 0.1) is 0 Å². The fourth-order valence-corrected chi connectivity index (χ4v) is 4.94. The van der Waals surface area contributed by atoms with Crippen molar-refractivity contribution in [3.8, 4) is 17.1 Å². The molecule has 0 unspecified atom stereocenters. The maximum Gasteiger partial charge on any atom is 0.303 e. The Morgan fingerprint density at radius 1 is 0.844 bits per heavy atom. The van der Waals surface area contributed by atoms with Gasteiger partial charge >= 0.3 is 23.9 Å². The van der Waals surface area contributed by atoms with Crippen LogP contribution >= 0.6 is 0 Å². The first kappa shape index (κ1) is 31.1. The maximum absolute atomic E-state index is 12.1. The topological polar surface area (TPSA) is 183 Å². The highest BCUT2D eigenvalue weighted by Gasteiger charge is 2.53. The van der Waals surface area contributed by atoms with Crippen molar-refractivity contribution in [1.29, 1.82) is 0 Å². The van der Waals surface area contributed by atoms with Crippen molar-refractivity contribution in [1.82, 2.24) is 25.0 Å². The summed E-state index contributed by atoms with van der Waals surface area (Å²) in [6.45, 7) is 4.28. The number of nitrogens with one attached hydrogen (secondary N) is 1. The lowest BCUT2D eigenvalue weighted by molar-refractivity contribution is -0.270. The van der Waals surface area contributed by atoms with Gasteiger partial charge in [-0.15, -0.1) is 5.10 Å². The Balaban J connectivity index is 1.41. The van der Waals surface area contributed by atoms with Crippen LogP contribution in [0.1, 0.15) is 39.6 Å². The molecule has 5 rings (SSSR count). The van der Waals surface area contributed by atoms with E-state index in [2.05, 4.69) is 20.3 Å². The molecular formula is C30H31N5O10. The molecule has 1 fully saturated rings. The molecule has 45 heavy (non-hydrogen) atoms. The van der Waals surface area contributed by atoms with Crippen LogP contribution < -0.4 is 4.74 Å². The summed E-state index contributed by atoms with van der Waals surface area (Å²) in [4.78, 5) is 55.8.